The van der Waals surface area contributed by atoms with Crippen molar-refractivity contribution in [3.8, 4) is 5.75 Å². The number of nitrogens with zero attached hydrogens (tertiary/aromatic N) is 1. The van der Waals surface area contributed by atoms with Crippen LogP contribution in [0.25, 0.3) is 16.8 Å². The molecule has 1 saturated heterocycles. The summed E-state index contributed by atoms with van der Waals surface area (Å²) in [4.78, 5) is 38.6. The molecule has 0 spiro atoms. The lowest BCUT2D eigenvalue weighted by molar-refractivity contribution is -0.122. The van der Waals surface area contributed by atoms with Crippen molar-refractivity contribution in [3.05, 3.63) is 77.9 Å². The number of fused-ring (bicyclic) bond motifs is 1. The predicted molar refractivity (Wildman–Crippen MR) is 101 cm³/mol. The van der Waals surface area contributed by atoms with E-state index in [1.165, 1.54) is 18.2 Å². The molecule has 27 heavy (non-hydrogen) atoms. The first-order chi connectivity index (χ1) is 13.0. The molecule has 6 heteroatoms. The van der Waals surface area contributed by atoms with E-state index in [1.54, 1.807) is 24.3 Å². The molecule has 0 radical (unpaired) electrons. The van der Waals surface area contributed by atoms with Gasteiger partial charge in [0.25, 0.3) is 11.8 Å². The summed E-state index contributed by atoms with van der Waals surface area (Å²) in [6.07, 6.45) is 1.39. The third-order valence-corrected chi connectivity index (χ3v) is 4.31. The number of imide groups is 2. The van der Waals surface area contributed by atoms with E-state index in [9.17, 15) is 19.5 Å². The molecule has 3 aromatic carbocycles. The van der Waals surface area contributed by atoms with E-state index in [2.05, 4.69) is 5.32 Å². The van der Waals surface area contributed by atoms with Gasteiger partial charge >= 0.3 is 6.03 Å². The fourth-order valence-corrected chi connectivity index (χ4v) is 3.02. The van der Waals surface area contributed by atoms with E-state index < -0.39 is 17.8 Å². The Hall–Kier alpha value is -3.93. The Balaban J connectivity index is 1.81. The van der Waals surface area contributed by atoms with Crippen molar-refractivity contribution < 1.29 is 19.5 Å². The second-order valence-electron chi connectivity index (χ2n) is 6.05. The first-order valence-electron chi connectivity index (χ1n) is 8.23. The van der Waals surface area contributed by atoms with Crippen LogP contribution < -0.4 is 10.2 Å². The van der Waals surface area contributed by atoms with Gasteiger partial charge in [0.1, 0.15) is 11.3 Å². The lowest BCUT2D eigenvalue weighted by atomic mass is 10.0. The van der Waals surface area contributed by atoms with Gasteiger partial charge in [-0.3, -0.25) is 14.9 Å². The van der Waals surface area contributed by atoms with E-state index in [0.29, 0.717) is 11.3 Å². The van der Waals surface area contributed by atoms with Crippen molar-refractivity contribution in [3.63, 3.8) is 0 Å². The number of carbonyl (C=O) groups is 3. The quantitative estimate of drug-likeness (QED) is 0.544. The lowest BCUT2D eigenvalue weighted by Crippen LogP contribution is -2.54. The first kappa shape index (κ1) is 16.5. The average Bonchev–Trinajstić information content (AvgIpc) is 2.66. The van der Waals surface area contributed by atoms with Gasteiger partial charge in [0.05, 0.1) is 5.69 Å². The van der Waals surface area contributed by atoms with Gasteiger partial charge in [-0.15, -0.1) is 0 Å². The molecule has 0 bridgehead atoms. The Bertz CT molecular complexity index is 1110. The van der Waals surface area contributed by atoms with Crippen molar-refractivity contribution in [2.75, 3.05) is 4.90 Å². The third-order valence-electron chi connectivity index (χ3n) is 4.31. The minimum absolute atomic E-state index is 0.0733. The monoisotopic (exact) mass is 358 g/mol. The summed E-state index contributed by atoms with van der Waals surface area (Å²) >= 11 is 0. The number of rotatable bonds is 2. The first-order valence-corrected chi connectivity index (χ1v) is 8.23. The molecule has 1 aliphatic rings. The molecule has 4 amide bonds. The smallest absolute Gasteiger partial charge is 0.335 e. The highest BCUT2D eigenvalue weighted by Crippen LogP contribution is 2.29. The standard InChI is InChI=1S/C21H14N2O4/c24-15-10-8-13(9-11-15)12-17-19(25)22-21(27)23(20(17)26)18-7-3-5-14-4-1-2-6-16(14)18/h1-12,24H,(H,22,25,27). The van der Waals surface area contributed by atoms with Crippen LogP contribution in [-0.2, 0) is 9.59 Å². The number of hydrogen-bond donors (Lipinski definition) is 2. The van der Waals surface area contributed by atoms with E-state index >= 15 is 0 Å². The molecule has 1 fully saturated rings. The Morgan fingerprint density at radius 3 is 2.33 bits per heavy atom. The third kappa shape index (κ3) is 2.93. The van der Waals surface area contributed by atoms with Gasteiger partial charge in [-0.05, 0) is 35.2 Å². The molecule has 1 aliphatic heterocycles. The van der Waals surface area contributed by atoms with Crippen LogP contribution in [0.5, 0.6) is 5.75 Å². The molecule has 2 N–H and O–H groups in total. The van der Waals surface area contributed by atoms with E-state index in [0.717, 1.165) is 15.7 Å². The SMILES string of the molecule is O=C1NC(=O)N(c2cccc3ccccc23)C(=O)C1=Cc1ccc(O)cc1. The minimum atomic E-state index is -0.788. The van der Waals surface area contributed by atoms with Crippen LogP contribution in [0, 0.1) is 0 Å². The summed E-state index contributed by atoms with van der Waals surface area (Å²) in [6, 6.07) is 17.9. The summed E-state index contributed by atoms with van der Waals surface area (Å²) in [7, 11) is 0. The molecule has 4 rings (SSSR count). The van der Waals surface area contributed by atoms with Crippen molar-refractivity contribution >= 4 is 40.4 Å². The Morgan fingerprint density at radius 2 is 1.56 bits per heavy atom. The molecule has 132 valence electrons. The van der Waals surface area contributed by atoms with Crippen LogP contribution in [0.2, 0.25) is 0 Å². The number of benzene rings is 3. The van der Waals surface area contributed by atoms with Gasteiger partial charge < -0.3 is 5.11 Å². The average molecular weight is 358 g/mol. The summed E-state index contributed by atoms with van der Waals surface area (Å²) in [5, 5.41) is 13.2. The number of hydrogen-bond acceptors (Lipinski definition) is 4. The molecule has 1 heterocycles. The van der Waals surface area contributed by atoms with E-state index in [1.807, 2.05) is 30.3 Å². The van der Waals surface area contributed by atoms with Crippen LogP contribution >= 0.6 is 0 Å². The fourth-order valence-electron chi connectivity index (χ4n) is 3.02. The highest BCUT2D eigenvalue weighted by Gasteiger charge is 2.37. The van der Waals surface area contributed by atoms with Crippen LogP contribution in [0.3, 0.4) is 0 Å². The Kier molecular flexibility index (Phi) is 3.93. The molecule has 6 nitrogen and oxygen atoms in total. The molecule has 0 aliphatic carbocycles. The van der Waals surface area contributed by atoms with Crippen LogP contribution in [-0.4, -0.2) is 23.0 Å². The lowest BCUT2D eigenvalue weighted by Gasteiger charge is -2.27. The molecular weight excluding hydrogens is 344 g/mol. The highest BCUT2D eigenvalue weighted by atomic mass is 16.3. The van der Waals surface area contributed by atoms with Crippen LogP contribution in [0.4, 0.5) is 10.5 Å². The van der Waals surface area contributed by atoms with Crippen LogP contribution in [0.1, 0.15) is 5.56 Å². The molecule has 0 saturated carbocycles. The Morgan fingerprint density at radius 1 is 0.852 bits per heavy atom. The topological polar surface area (TPSA) is 86.7 Å². The second-order valence-corrected chi connectivity index (χ2v) is 6.05. The van der Waals surface area contributed by atoms with Crippen molar-refractivity contribution in [1.29, 1.82) is 0 Å². The number of urea groups is 1. The van der Waals surface area contributed by atoms with Gasteiger partial charge in [0.2, 0.25) is 0 Å². The summed E-state index contributed by atoms with van der Waals surface area (Å²) in [5.74, 6) is -1.38. The number of phenols is 1. The van der Waals surface area contributed by atoms with Crippen LogP contribution in [0.15, 0.2) is 72.3 Å². The number of barbiturate groups is 1. The van der Waals surface area contributed by atoms with Gasteiger partial charge in [-0.2, -0.15) is 0 Å². The van der Waals surface area contributed by atoms with Gasteiger partial charge in [-0.25, -0.2) is 9.69 Å². The maximum atomic E-state index is 13.0. The van der Waals surface area contributed by atoms with Gasteiger partial charge in [0.15, 0.2) is 0 Å². The number of aromatic hydroxyl groups is 1. The number of carbonyl (C=O) groups excluding carboxylic acids is 3. The zero-order chi connectivity index (χ0) is 19.0. The maximum absolute atomic E-state index is 13.0. The van der Waals surface area contributed by atoms with E-state index in [4.69, 9.17) is 0 Å². The van der Waals surface area contributed by atoms with Crippen molar-refractivity contribution in [2.45, 2.75) is 0 Å². The molecular formula is C21H14N2O4. The number of anilines is 1. The maximum Gasteiger partial charge on any atom is 0.335 e. The van der Waals surface area contributed by atoms with Gasteiger partial charge in [0, 0.05) is 5.39 Å². The second kappa shape index (κ2) is 6.42. The molecule has 0 atom stereocenters. The summed E-state index contributed by atoms with van der Waals surface area (Å²) < 4.78 is 0. The van der Waals surface area contributed by atoms with Crippen molar-refractivity contribution in [2.24, 2.45) is 0 Å². The Labute approximate surface area is 154 Å². The zero-order valence-electron chi connectivity index (χ0n) is 14.0. The zero-order valence-corrected chi connectivity index (χ0v) is 14.0. The molecule has 3 aromatic rings. The molecule has 0 unspecified atom stereocenters. The minimum Gasteiger partial charge on any atom is -0.508 e. The van der Waals surface area contributed by atoms with Gasteiger partial charge in [-0.1, -0.05) is 48.5 Å². The van der Waals surface area contributed by atoms with E-state index in [-0.39, 0.29) is 11.3 Å². The fraction of sp³-hybridized carbons (Fsp3) is 0. The summed E-state index contributed by atoms with van der Waals surface area (Å²) in [5.41, 5.74) is 0.798. The molecule has 0 aromatic heterocycles. The number of amides is 4. The number of nitrogens with one attached hydrogen (secondary N) is 1. The predicted octanol–water partition coefficient (Wildman–Crippen LogP) is 3.21. The number of phenolic OH excluding ortho intramolecular Hbond substituents is 1. The largest absolute Gasteiger partial charge is 0.508 e. The summed E-state index contributed by atoms with van der Waals surface area (Å²) in [6.45, 7) is 0. The normalized spacial score (nSPS) is 16.1. The highest BCUT2D eigenvalue weighted by molar-refractivity contribution is 6.40. The van der Waals surface area contributed by atoms with Crippen molar-refractivity contribution in [1.82, 2.24) is 5.32 Å².